The second-order valence-electron chi connectivity index (χ2n) is 7.68. The first kappa shape index (κ1) is 13.7. The van der Waals surface area contributed by atoms with E-state index in [4.69, 9.17) is 15.7 Å². The van der Waals surface area contributed by atoms with Crippen LogP contribution in [0.15, 0.2) is 114 Å². The van der Waals surface area contributed by atoms with Crippen molar-refractivity contribution in [3.63, 3.8) is 0 Å². The van der Waals surface area contributed by atoms with Crippen molar-refractivity contribution in [3.05, 3.63) is 119 Å². The van der Waals surface area contributed by atoms with Gasteiger partial charge in [-0.1, -0.05) is 70.4 Å². The molecule has 164 valence electrons. The molecule has 6 rings (SSSR count). The average Bonchev–Trinajstić information content (AvgIpc) is 3.28. The van der Waals surface area contributed by atoms with E-state index in [1.165, 1.54) is 12.3 Å². The van der Waals surface area contributed by atoms with Gasteiger partial charge in [-0.15, -0.1) is 0 Å². The summed E-state index contributed by atoms with van der Waals surface area (Å²) in [6, 6.07) is 19.5. The lowest BCUT2D eigenvalue weighted by atomic mass is 10.0. The molecular weight excluding hydrogens is 484 g/mol. The molecule has 3 nitrogen and oxygen atoms in total. The van der Waals surface area contributed by atoms with Crippen LogP contribution in [0.25, 0.3) is 38.8 Å². The summed E-state index contributed by atoms with van der Waals surface area (Å²) in [5, 5.41) is 1.83. The number of ether oxygens (including phenoxy) is 1. The van der Waals surface area contributed by atoms with Gasteiger partial charge in [0.25, 0.3) is 0 Å². The van der Waals surface area contributed by atoms with E-state index < -0.39 is 37.1 Å². The zero-order chi connectivity index (χ0) is 29.9. The standard InChI is InChI=1S/C30H21BrN2O/c1-20-16-30(32-19-27(20)21-8-3-2-4-9-21)33-28-13-6-5-12-25(28)26-15-14-24(18-29(26)33)34-23-11-7-10-22(31)17-23/h2-19H,1H3/i1D3,2D,3D,4D,8D,9D. The molecule has 0 radical (unpaired) electrons. The number of benzene rings is 4. The molecule has 0 atom stereocenters. The van der Waals surface area contributed by atoms with Crippen LogP contribution >= 0.6 is 15.9 Å². The van der Waals surface area contributed by atoms with Crippen LogP contribution in [0.2, 0.25) is 0 Å². The third-order valence-corrected chi connectivity index (χ3v) is 6.06. The number of aryl methyl sites for hydroxylation is 1. The Hall–Kier alpha value is -3.89. The van der Waals surface area contributed by atoms with Crippen LogP contribution in [0.4, 0.5) is 0 Å². The number of fused-ring (bicyclic) bond motifs is 3. The third-order valence-electron chi connectivity index (χ3n) is 5.56. The highest BCUT2D eigenvalue weighted by Crippen LogP contribution is 2.36. The molecule has 0 N–H and O–H groups in total. The molecule has 4 aromatic carbocycles. The van der Waals surface area contributed by atoms with E-state index in [-0.39, 0.29) is 16.7 Å². The highest BCUT2D eigenvalue weighted by molar-refractivity contribution is 9.10. The number of para-hydroxylation sites is 1. The summed E-state index contributed by atoms with van der Waals surface area (Å²) in [6.45, 7) is -2.68. The number of nitrogens with zero attached hydrogens (tertiary/aromatic N) is 2. The maximum atomic E-state index is 8.41. The highest BCUT2D eigenvalue weighted by Gasteiger charge is 2.15. The van der Waals surface area contributed by atoms with E-state index in [2.05, 4.69) is 20.9 Å². The lowest BCUT2D eigenvalue weighted by Crippen LogP contribution is -1.99. The van der Waals surface area contributed by atoms with Gasteiger partial charge in [-0.25, -0.2) is 4.98 Å². The van der Waals surface area contributed by atoms with Crippen LogP contribution in [-0.4, -0.2) is 9.55 Å². The predicted octanol–water partition coefficient (Wildman–Crippen LogP) is 8.71. The van der Waals surface area contributed by atoms with Gasteiger partial charge >= 0.3 is 0 Å². The summed E-state index contributed by atoms with van der Waals surface area (Å²) in [5.74, 6) is 1.50. The average molecular weight is 513 g/mol. The lowest BCUT2D eigenvalue weighted by molar-refractivity contribution is 0.483. The monoisotopic (exact) mass is 512 g/mol. The second-order valence-corrected chi connectivity index (χ2v) is 8.59. The van der Waals surface area contributed by atoms with Gasteiger partial charge < -0.3 is 4.74 Å². The summed E-state index contributed by atoms with van der Waals surface area (Å²) in [4.78, 5) is 4.59. The van der Waals surface area contributed by atoms with Crippen LogP contribution < -0.4 is 4.74 Å². The quantitative estimate of drug-likeness (QED) is 0.236. The minimum absolute atomic E-state index is 0.0461. The Kier molecular flexibility index (Phi) is 3.42. The van der Waals surface area contributed by atoms with Gasteiger partial charge in [-0.3, -0.25) is 4.57 Å². The van der Waals surface area contributed by atoms with Crippen LogP contribution in [-0.2, 0) is 0 Å². The minimum Gasteiger partial charge on any atom is -0.457 e. The molecule has 0 aliphatic rings. The molecule has 0 spiro atoms. The van der Waals surface area contributed by atoms with Crippen molar-refractivity contribution in [2.24, 2.45) is 0 Å². The van der Waals surface area contributed by atoms with Crippen molar-refractivity contribution < 1.29 is 15.7 Å². The second kappa shape index (κ2) is 8.47. The molecule has 2 heterocycles. The highest BCUT2D eigenvalue weighted by atomic mass is 79.9. The number of hydrogen-bond donors (Lipinski definition) is 0. The smallest absolute Gasteiger partial charge is 0.137 e. The molecule has 2 aromatic heterocycles. The number of rotatable bonds is 4. The maximum absolute atomic E-state index is 8.41. The van der Waals surface area contributed by atoms with Crippen molar-refractivity contribution >= 4 is 37.7 Å². The Labute approximate surface area is 217 Å². The lowest BCUT2D eigenvalue weighted by Gasteiger charge is -2.12. The molecular formula is C30H21BrN2O. The van der Waals surface area contributed by atoms with Gasteiger partial charge in [0, 0.05) is 37.2 Å². The zero-order valence-electron chi connectivity index (χ0n) is 25.7. The van der Waals surface area contributed by atoms with Gasteiger partial charge in [0.1, 0.15) is 17.3 Å². The molecule has 0 unspecified atom stereocenters. The Morgan fingerprint density at radius 3 is 2.53 bits per heavy atom. The van der Waals surface area contributed by atoms with Gasteiger partial charge in [-0.05, 0) is 60.4 Å². The van der Waals surface area contributed by atoms with Crippen molar-refractivity contribution in [1.82, 2.24) is 9.55 Å². The van der Waals surface area contributed by atoms with Gasteiger partial charge in [0.15, 0.2) is 0 Å². The van der Waals surface area contributed by atoms with Crippen molar-refractivity contribution in [1.29, 1.82) is 0 Å². The number of pyridine rings is 1. The van der Waals surface area contributed by atoms with Gasteiger partial charge in [0.2, 0.25) is 0 Å². The van der Waals surface area contributed by atoms with Crippen molar-refractivity contribution in [2.75, 3.05) is 0 Å². The number of aromatic nitrogens is 2. The van der Waals surface area contributed by atoms with Crippen molar-refractivity contribution in [3.8, 4) is 28.4 Å². The molecule has 0 aliphatic heterocycles. The van der Waals surface area contributed by atoms with Gasteiger partial charge in [0.05, 0.1) is 17.9 Å². The summed E-state index contributed by atoms with van der Waals surface area (Å²) >= 11 is 3.45. The predicted molar refractivity (Wildman–Crippen MR) is 143 cm³/mol. The topological polar surface area (TPSA) is 27.1 Å². The Morgan fingerprint density at radius 1 is 0.853 bits per heavy atom. The fraction of sp³-hybridized carbons (Fsp3) is 0.0333. The molecule has 0 saturated heterocycles. The summed E-state index contributed by atoms with van der Waals surface area (Å²) in [6.07, 6.45) is 1.27. The molecule has 0 fully saturated rings. The van der Waals surface area contributed by atoms with E-state index in [1.54, 1.807) is 0 Å². The van der Waals surface area contributed by atoms with Crippen LogP contribution in [0.3, 0.4) is 0 Å². The first-order valence-electron chi connectivity index (χ1n) is 14.5. The molecule has 0 aliphatic carbocycles. The summed E-state index contributed by atoms with van der Waals surface area (Å²) in [5.41, 5.74) is 1.07. The SMILES string of the molecule is [2H]c1c([2H])c([2H])c(-c2cnc(-n3c4ccccc4c4ccc(Oc5cccc(Br)c5)cc43)cc2C([2H])([2H])[2H])c([2H])c1[2H]. The van der Waals surface area contributed by atoms with E-state index >= 15 is 0 Å². The molecule has 0 amide bonds. The fourth-order valence-corrected chi connectivity index (χ4v) is 4.46. The summed E-state index contributed by atoms with van der Waals surface area (Å²) < 4.78 is 74.6. The Morgan fingerprint density at radius 2 is 1.68 bits per heavy atom. The van der Waals surface area contributed by atoms with E-state index in [0.29, 0.717) is 17.3 Å². The number of hydrogen-bond acceptors (Lipinski definition) is 2. The molecule has 0 saturated carbocycles. The first-order valence-corrected chi connectivity index (χ1v) is 11.3. The minimum atomic E-state index is -2.68. The van der Waals surface area contributed by atoms with Crippen molar-refractivity contribution in [2.45, 2.75) is 6.85 Å². The van der Waals surface area contributed by atoms with Crippen LogP contribution in [0.5, 0.6) is 11.5 Å². The molecule has 0 bridgehead atoms. The Balaban J connectivity index is 1.60. The largest absolute Gasteiger partial charge is 0.457 e. The van der Waals surface area contributed by atoms with Crippen LogP contribution in [0, 0.1) is 6.85 Å². The normalized spacial score (nSPS) is 15.0. The maximum Gasteiger partial charge on any atom is 0.137 e. The first-order chi connectivity index (χ1) is 20.0. The molecule has 6 aromatic rings. The van der Waals surface area contributed by atoms with Crippen LogP contribution in [0.1, 0.15) is 16.5 Å². The van der Waals surface area contributed by atoms with E-state index in [1.807, 2.05) is 71.3 Å². The third kappa shape index (κ3) is 3.66. The Bertz CT molecular complexity index is 2010. The molecule has 4 heteroatoms. The fourth-order valence-electron chi connectivity index (χ4n) is 4.08. The number of halogens is 1. The van der Waals surface area contributed by atoms with Gasteiger partial charge in [-0.2, -0.15) is 0 Å². The zero-order valence-corrected chi connectivity index (χ0v) is 19.3. The molecule has 34 heavy (non-hydrogen) atoms. The van der Waals surface area contributed by atoms with E-state index in [9.17, 15) is 0 Å². The summed E-state index contributed by atoms with van der Waals surface area (Å²) in [7, 11) is 0. The van der Waals surface area contributed by atoms with E-state index in [0.717, 1.165) is 26.3 Å².